The molecule has 4 nitrogen and oxygen atoms in total. The molecule has 2 rings (SSSR count). The van der Waals surface area contributed by atoms with Gasteiger partial charge in [-0.05, 0) is 25.5 Å². The van der Waals surface area contributed by atoms with Gasteiger partial charge in [0.15, 0.2) is 0 Å². The summed E-state index contributed by atoms with van der Waals surface area (Å²) in [6, 6.07) is 10.5. The van der Waals surface area contributed by atoms with Crippen LogP contribution in [0.2, 0.25) is 0 Å². The molecule has 0 aliphatic carbocycles. The molecule has 0 saturated carbocycles. The minimum atomic E-state index is -0.576. The van der Waals surface area contributed by atoms with E-state index in [2.05, 4.69) is 40.0 Å². The zero-order valence-corrected chi connectivity index (χ0v) is 16.7. The Morgan fingerprint density at radius 2 is 1.80 bits per heavy atom. The molecule has 25 heavy (non-hydrogen) atoms. The van der Waals surface area contributed by atoms with Crippen molar-refractivity contribution in [2.75, 3.05) is 44.2 Å². The lowest BCUT2D eigenvalue weighted by Crippen LogP contribution is -2.49. The van der Waals surface area contributed by atoms with E-state index in [0.29, 0.717) is 6.54 Å². The Morgan fingerprint density at radius 1 is 1.20 bits per heavy atom. The molecule has 0 bridgehead atoms. The molecule has 1 fully saturated rings. The van der Waals surface area contributed by atoms with Crippen molar-refractivity contribution in [1.82, 2.24) is 4.90 Å². The lowest BCUT2D eigenvalue weighted by Gasteiger charge is -2.37. The molecule has 0 radical (unpaired) electrons. The van der Waals surface area contributed by atoms with Gasteiger partial charge < -0.3 is 14.7 Å². The van der Waals surface area contributed by atoms with E-state index in [9.17, 15) is 5.11 Å². The van der Waals surface area contributed by atoms with E-state index < -0.39 is 11.7 Å². The highest BCUT2D eigenvalue weighted by Crippen LogP contribution is 2.16. The summed E-state index contributed by atoms with van der Waals surface area (Å²) in [5, 5.41) is 10.2. The van der Waals surface area contributed by atoms with Crippen molar-refractivity contribution in [3.8, 4) is 12.3 Å². The number of ether oxygens (including phenoxy) is 1. The van der Waals surface area contributed by atoms with E-state index >= 15 is 0 Å². The summed E-state index contributed by atoms with van der Waals surface area (Å²) in [6.45, 7) is 8.66. The molecule has 1 N–H and O–H groups in total. The minimum absolute atomic E-state index is 0. The second-order valence-electron chi connectivity index (χ2n) is 6.32. The number of aliphatic hydroxyl groups is 1. The molecule has 0 spiro atoms. The van der Waals surface area contributed by atoms with Crippen LogP contribution in [0.1, 0.15) is 20.3 Å². The Labute approximate surface area is 164 Å². The zero-order chi connectivity index (χ0) is 16.7. The topological polar surface area (TPSA) is 35.9 Å². The number of anilines is 1. The Bertz CT molecular complexity index is 516. The van der Waals surface area contributed by atoms with E-state index in [0.717, 1.165) is 32.6 Å². The lowest BCUT2D eigenvalue weighted by atomic mass is 10.1. The van der Waals surface area contributed by atoms with Crippen LogP contribution < -0.4 is 4.90 Å². The standard InChI is InChI=1S/C19H28N2O2.2ClH/c1-4-19(3,5-2)23-16-18(22)15-20-11-13-21(14-12-20)17-9-7-6-8-10-17;;/h1,6-10,18,22H,5,11-16H2,2-3H3;2*1H. The van der Waals surface area contributed by atoms with Gasteiger partial charge in [0.05, 0.1) is 12.7 Å². The molecule has 1 heterocycles. The first kappa shape index (κ1) is 24.0. The van der Waals surface area contributed by atoms with Crippen molar-refractivity contribution in [2.24, 2.45) is 0 Å². The number of benzene rings is 1. The van der Waals surface area contributed by atoms with Crippen molar-refractivity contribution in [2.45, 2.75) is 32.0 Å². The lowest BCUT2D eigenvalue weighted by molar-refractivity contribution is -0.0473. The van der Waals surface area contributed by atoms with Crippen LogP contribution in [0.5, 0.6) is 0 Å². The Morgan fingerprint density at radius 3 is 2.32 bits per heavy atom. The predicted molar refractivity (Wildman–Crippen MR) is 109 cm³/mol. The average molecular weight is 389 g/mol. The van der Waals surface area contributed by atoms with Crippen LogP contribution in [0.4, 0.5) is 5.69 Å². The fourth-order valence-corrected chi connectivity index (χ4v) is 2.70. The number of para-hydroxylation sites is 1. The molecule has 0 amide bonds. The fraction of sp³-hybridized carbons (Fsp3) is 0.579. The summed E-state index contributed by atoms with van der Waals surface area (Å²) in [5.41, 5.74) is 0.691. The van der Waals surface area contributed by atoms with E-state index in [4.69, 9.17) is 11.2 Å². The van der Waals surface area contributed by atoms with Crippen molar-refractivity contribution in [3.63, 3.8) is 0 Å². The maximum atomic E-state index is 10.2. The van der Waals surface area contributed by atoms with Crippen molar-refractivity contribution >= 4 is 30.5 Å². The van der Waals surface area contributed by atoms with Gasteiger partial charge in [-0.25, -0.2) is 0 Å². The predicted octanol–water partition coefficient (Wildman–Crippen LogP) is 2.83. The number of nitrogens with zero attached hydrogens (tertiary/aromatic N) is 2. The van der Waals surface area contributed by atoms with Gasteiger partial charge in [-0.1, -0.05) is 31.0 Å². The molecule has 1 aliphatic rings. The molecule has 0 aromatic heterocycles. The zero-order valence-electron chi connectivity index (χ0n) is 15.1. The van der Waals surface area contributed by atoms with Gasteiger partial charge in [0.1, 0.15) is 5.60 Å². The maximum Gasteiger partial charge on any atom is 0.125 e. The third kappa shape index (κ3) is 7.43. The van der Waals surface area contributed by atoms with Crippen molar-refractivity contribution < 1.29 is 9.84 Å². The highest BCUT2D eigenvalue weighted by atomic mass is 35.5. The molecule has 1 aliphatic heterocycles. The summed E-state index contributed by atoms with van der Waals surface area (Å²) >= 11 is 0. The number of β-amino-alcohol motifs (C(OH)–C–C–N with tert-alkyl or cyclic N) is 1. The number of rotatable bonds is 7. The van der Waals surface area contributed by atoms with Crippen molar-refractivity contribution in [3.05, 3.63) is 30.3 Å². The molecule has 1 aromatic carbocycles. The van der Waals surface area contributed by atoms with Gasteiger partial charge in [0.25, 0.3) is 0 Å². The van der Waals surface area contributed by atoms with Gasteiger partial charge in [-0.3, -0.25) is 4.90 Å². The Kier molecular flexibility index (Phi) is 11.2. The SMILES string of the molecule is C#CC(C)(CC)OCC(O)CN1CCN(c2ccccc2)CC1.Cl.Cl. The van der Waals surface area contributed by atoms with Crippen molar-refractivity contribution in [1.29, 1.82) is 0 Å². The fourth-order valence-electron chi connectivity index (χ4n) is 2.70. The summed E-state index contributed by atoms with van der Waals surface area (Å²) < 4.78 is 5.70. The number of aliphatic hydroxyl groups excluding tert-OH is 1. The van der Waals surface area contributed by atoms with Crippen LogP contribution in [0.3, 0.4) is 0 Å². The molecule has 142 valence electrons. The van der Waals surface area contributed by atoms with Crippen LogP contribution >= 0.6 is 24.8 Å². The molecule has 2 unspecified atom stereocenters. The second-order valence-corrected chi connectivity index (χ2v) is 6.32. The first-order valence-corrected chi connectivity index (χ1v) is 8.38. The number of hydrogen-bond acceptors (Lipinski definition) is 4. The summed E-state index contributed by atoms with van der Waals surface area (Å²) in [7, 11) is 0. The second kappa shape index (κ2) is 11.6. The quantitative estimate of drug-likeness (QED) is 0.728. The van der Waals surface area contributed by atoms with Crippen LogP contribution in [0.15, 0.2) is 30.3 Å². The Balaban J connectivity index is 0.00000288. The molecular formula is C19H30Cl2N2O2. The van der Waals surface area contributed by atoms with E-state index in [1.54, 1.807) is 0 Å². The first-order valence-electron chi connectivity index (χ1n) is 8.38. The molecular weight excluding hydrogens is 359 g/mol. The van der Waals surface area contributed by atoms with Gasteiger partial charge in [-0.15, -0.1) is 31.2 Å². The first-order chi connectivity index (χ1) is 11.1. The van der Waals surface area contributed by atoms with Crippen LogP contribution in [-0.4, -0.2) is 61.0 Å². The average Bonchev–Trinajstić information content (AvgIpc) is 2.61. The van der Waals surface area contributed by atoms with Gasteiger partial charge in [-0.2, -0.15) is 0 Å². The smallest absolute Gasteiger partial charge is 0.125 e. The summed E-state index contributed by atoms with van der Waals surface area (Å²) in [5.74, 6) is 2.66. The minimum Gasteiger partial charge on any atom is -0.389 e. The van der Waals surface area contributed by atoms with Gasteiger partial charge in [0.2, 0.25) is 0 Å². The van der Waals surface area contributed by atoms with Gasteiger partial charge in [0, 0.05) is 38.4 Å². The molecule has 2 atom stereocenters. The van der Waals surface area contributed by atoms with Crippen LogP contribution in [-0.2, 0) is 4.74 Å². The number of terminal acetylenes is 1. The van der Waals surface area contributed by atoms with E-state index in [1.165, 1.54) is 5.69 Å². The Hall–Kier alpha value is -0.960. The molecule has 1 aromatic rings. The number of piperazine rings is 1. The largest absolute Gasteiger partial charge is 0.389 e. The van der Waals surface area contributed by atoms with Crippen LogP contribution in [0, 0.1) is 12.3 Å². The molecule has 6 heteroatoms. The summed E-state index contributed by atoms with van der Waals surface area (Å²) in [6.07, 6.45) is 5.73. The third-order valence-corrected chi connectivity index (χ3v) is 4.54. The van der Waals surface area contributed by atoms with Crippen LogP contribution in [0.25, 0.3) is 0 Å². The third-order valence-electron chi connectivity index (χ3n) is 4.54. The normalized spacial score (nSPS) is 18.2. The number of hydrogen-bond donors (Lipinski definition) is 1. The monoisotopic (exact) mass is 388 g/mol. The highest BCUT2D eigenvalue weighted by Gasteiger charge is 2.23. The maximum absolute atomic E-state index is 10.2. The van der Waals surface area contributed by atoms with E-state index in [-0.39, 0.29) is 31.4 Å². The van der Waals surface area contributed by atoms with Gasteiger partial charge >= 0.3 is 0 Å². The number of halogens is 2. The molecule has 1 saturated heterocycles. The summed E-state index contributed by atoms with van der Waals surface area (Å²) in [4.78, 5) is 4.67. The highest BCUT2D eigenvalue weighted by molar-refractivity contribution is 5.85. The van der Waals surface area contributed by atoms with E-state index in [1.807, 2.05) is 19.9 Å².